The lowest BCUT2D eigenvalue weighted by Crippen LogP contribution is -2.32. The summed E-state index contributed by atoms with van der Waals surface area (Å²) in [5, 5.41) is 0. The zero-order valence-corrected chi connectivity index (χ0v) is 20.2. The molecule has 0 spiro atoms. The van der Waals surface area contributed by atoms with Crippen LogP contribution in [-0.2, 0) is 27.5 Å². The van der Waals surface area contributed by atoms with Crippen LogP contribution < -0.4 is 4.72 Å². The lowest BCUT2D eigenvalue weighted by Gasteiger charge is -2.14. The highest BCUT2D eigenvalue weighted by atomic mass is 32.2. The maximum absolute atomic E-state index is 12.8. The third kappa shape index (κ3) is 5.68. The van der Waals surface area contributed by atoms with Gasteiger partial charge < -0.3 is 0 Å². The molecule has 0 unspecified atom stereocenters. The van der Waals surface area contributed by atoms with E-state index < -0.39 is 21.9 Å². The fourth-order valence-electron chi connectivity index (χ4n) is 3.73. The fraction of sp³-hybridized carbons (Fsp3) is 0.318. The Labute approximate surface area is 204 Å². The van der Waals surface area contributed by atoms with Crippen molar-refractivity contribution < 1.29 is 26.4 Å². The molecule has 1 aromatic carbocycles. The number of carbonyl (C=O) groups is 1. The van der Waals surface area contributed by atoms with Crippen LogP contribution in [0.1, 0.15) is 42.5 Å². The van der Waals surface area contributed by atoms with Crippen molar-refractivity contribution in [2.45, 2.75) is 49.3 Å². The summed E-state index contributed by atoms with van der Waals surface area (Å²) in [6.45, 7) is -0.00282. The highest BCUT2D eigenvalue weighted by Gasteiger charge is 2.34. The first-order chi connectivity index (χ1) is 16.0. The largest absolute Gasteiger partial charge is 0.433 e. The third-order valence-electron chi connectivity index (χ3n) is 5.49. The van der Waals surface area contributed by atoms with E-state index in [-0.39, 0.29) is 27.7 Å². The summed E-state index contributed by atoms with van der Waals surface area (Å²) >= 11 is 6.34. The predicted molar refractivity (Wildman–Crippen MR) is 127 cm³/mol. The molecule has 1 N–H and O–H groups in total. The smallest absolute Gasteiger partial charge is 0.288 e. The van der Waals surface area contributed by atoms with Gasteiger partial charge in [-0.1, -0.05) is 55.0 Å². The van der Waals surface area contributed by atoms with E-state index in [1.54, 1.807) is 18.2 Å². The quantitative estimate of drug-likeness (QED) is 0.433. The Hall–Kier alpha value is -2.28. The van der Waals surface area contributed by atoms with Crippen molar-refractivity contribution in [3.8, 4) is 0 Å². The minimum absolute atomic E-state index is 0.00282. The number of thiocarbonyl (C=S) groups is 1. The zero-order valence-electron chi connectivity index (χ0n) is 17.7. The summed E-state index contributed by atoms with van der Waals surface area (Å²) < 4.78 is 66.2. The number of sulfonamides is 1. The molecule has 1 aliphatic carbocycles. The van der Waals surface area contributed by atoms with E-state index in [0.29, 0.717) is 16.0 Å². The minimum Gasteiger partial charge on any atom is -0.288 e. The molecule has 6 nitrogen and oxygen atoms in total. The van der Waals surface area contributed by atoms with Gasteiger partial charge >= 0.3 is 6.18 Å². The lowest BCUT2D eigenvalue weighted by molar-refractivity contribution is -0.141. The first kappa shape index (κ1) is 24.8. The fourth-order valence-corrected chi connectivity index (χ4v) is 6.29. The van der Waals surface area contributed by atoms with E-state index >= 15 is 0 Å². The van der Waals surface area contributed by atoms with Crippen molar-refractivity contribution in [2.75, 3.05) is 0 Å². The number of amides is 1. The van der Waals surface area contributed by atoms with Crippen LogP contribution in [-0.4, -0.2) is 34.6 Å². The third-order valence-corrected chi connectivity index (χ3v) is 8.41. The summed E-state index contributed by atoms with van der Waals surface area (Å²) in [6, 6.07) is 8.27. The lowest BCUT2D eigenvalue weighted by atomic mass is 10.2. The van der Waals surface area contributed by atoms with Gasteiger partial charge in [-0.2, -0.15) is 13.2 Å². The van der Waals surface area contributed by atoms with Crippen LogP contribution in [0.3, 0.4) is 0 Å². The van der Waals surface area contributed by atoms with E-state index in [1.807, 2.05) is 0 Å². The van der Waals surface area contributed by atoms with E-state index in [4.69, 9.17) is 12.2 Å². The highest BCUT2D eigenvalue weighted by Crippen LogP contribution is 2.34. The Kier molecular flexibility index (Phi) is 7.13. The monoisotopic (exact) mass is 527 g/mol. The number of aromatic nitrogens is 1. The molecule has 2 fully saturated rings. The number of nitrogens with one attached hydrogen (secondary N) is 1. The molecule has 1 amide bonds. The average Bonchev–Trinajstić information content (AvgIpc) is 3.37. The van der Waals surface area contributed by atoms with Gasteiger partial charge in [-0.25, -0.2) is 13.1 Å². The number of hydrogen-bond acceptors (Lipinski definition) is 6. The number of benzene rings is 1. The molecule has 4 rings (SSSR count). The Morgan fingerprint density at radius 2 is 1.82 bits per heavy atom. The van der Waals surface area contributed by atoms with Crippen LogP contribution in [0.2, 0.25) is 0 Å². The molecule has 1 saturated carbocycles. The molecule has 1 aliphatic heterocycles. The number of halogens is 3. The summed E-state index contributed by atoms with van der Waals surface area (Å²) in [7, 11) is -3.61. The van der Waals surface area contributed by atoms with Gasteiger partial charge in [-0.05, 0) is 48.2 Å². The molecule has 180 valence electrons. The molecule has 34 heavy (non-hydrogen) atoms. The number of carbonyl (C=O) groups excluding carboxylic acids is 1. The molecular weight excluding hydrogens is 507 g/mol. The van der Waals surface area contributed by atoms with Gasteiger partial charge in [-0.15, -0.1) is 0 Å². The van der Waals surface area contributed by atoms with Crippen LogP contribution >= 0.6 is 24.0 Å². The number of hydrogen-bond donors (Lipinski definition) is 1. The van der Waals surface area contributed by atoms with Gasteiger partial charge in [0.05, 0.1) is 16.3 Å². The topological polar surface area (TPSA) is 79.4 Å². The van der Waals surface area contributed by atoms with Gasteiger partial charge in [0.25, 0.3) is 5.91 Å². The molecule has 12 heteroatoms. The first-order valence-electron chi connectivity index (χ1n) is 10.4. The molecule has 2 aliphatic rings. The Morgan fingerprint density at radius 1 is 1.15 bits per heavy atom. The van der Waals surface area contributed by atoms with Crippen molar-refractivity contribution in [1.29, 1.82) is 0 Å². The van der Waals surface area contributed by atoms with Crippen LogP contribution in [0.25, 0.3) is 6.08 Å². The molecule has 2 heterocycles. The first-order valence-corrected chi connectivity index (χ1v) is 13.1. The maximum Gasteiger partial charge on any atom is 0.433 e. The molecule has 0 bridgehead atoms. The Bertz CT molecular complexity index is 1220. The van der Waals surface area contributed by atoms with Crippen molar-refractivity contribution in [3.05, 3.63) is 64.3 Å². The van der Waals surface area contributed by atoms with Gasteiger partial charge in [0.2, 0.25) is 10.0 Å². The van der Waals surface area contributed by atoms with Crippen LogP contribution in [0.4, 0.5) is 13.2 Å². The van der Waals surface area contributed by atoms with E-state index in [1.165, 1.54) is 23.1 Å². The van der Waals surface area contributed by atoms with Gasteiger partial charge in [0.1, 0.15) is 10.0 Å². The molecule has 0 atom stereocenters. The van der Waals surface area contributed by atoms with Crippen LogP contribution in [0.15, 0.2) is 52.4 Å². The van der Waals surface area contributed by atoms with Crippen molar-refractivity contribution in [2.24, 2.45) is 0 Å². The number of alkyl halides is 3. The summed E-state index contributed by atoms with van der Waals surface area (Å²) in [5.41, 5.74) is 0.0248. The standard InChI is InChI=1S/C22H20F3N3O3S3/c23-22(24,25)19-10-7-15(12-26-19)13-28-20(29)18(33-21(28)32)11-14-5-8-17(9-6-14)34(30,31)27-16-3-1-2-4-16/h5-12,16,27H,1-4,13H2/b18-11-. The van der Waals surface area contributed by atoms with Crippen LogP contribution in [0.5, 0.6) is 0 Å². The normalized spacial score (nSPS) is 18.9. The van der Waals surface area contributed by atoms with E-state index in [9.17, 15) is 26.4 Å². The number of thioether (sulfide) groups is 1. The summed E-state index contributed by atoms with van der Waals surface area (Å²) in [5.74, 6) is -0.380. The van der Waals surface area contributed by atoms with Crippen molar-refractivity contribution in [1.82, 2.24) is 14.6 Å². The number of pyridine rings is 1. The van der Waals surface area contributed by atoms with Gasteiger partial charge in [0, 0.05) is 12.2 Å². The predicted octanol–water partition coefficient (Wildman–Crippen LogP) is 4.72. The molecule has 0 radical (unpaired) electrons. The Morgan fingerprint density at radius 3 is 2.41 bits per heavy atom. The minimum atomic E-state index is -4.54. The molecule has 2 aromatic rings. The van der Waals surface area contributed by atoms with E-state index in [0.717, 1.165) is 49.7 Å². The van der Waals surface area contributed by atoms with Crippen molar-refractivity contribution >= 4 is 50.3 Å². The average molecular weight is 528 g/mol. The Balaban J connectivity index is 1.44. The maximum atomic E-state index is 12.8. The zero-order chi connectivity index (χ0) is 24.5. The van der Waals surface area contributed by atoms with Gasteiger partial charge in [-0.3, -0.25) is 14.7 Å². The number of nitrogens with zero attached hydrogens (tertiary/aromatic N) is 2. The molecule has 1 saturated heterocycles. The SMILES string of the molecule is O=C1/C(=C/c2ccc(S(=O)(=O)NC3CCCC3)cc2)SC(=S)N1Cc1ccc(C(F)(F)F)nc1. The second kappa shape index (κ2) is 9.76. The highest BCUT2D eigenvalue weighted by molar-refractivity contribution is 8.26. The summed E-state index contributed by atoms with van der Waals surface area (Å²) in [6.07, 6.45) is 1.84. The van der Waals surface area contributed by atoms with Crippen molar-refractivity contribution in [3.63, 3.8) is 0 Å². The molecule has 1 aromatic heterocycles. The molecular formula is C22H20F3N3O3S3. The summed E-state index contributed by atoms with van der Waals surface area (Å²) in [4.78, 5) is 18.0. The van der Waals surface area contributed by atoms with Gasteiger partial charge in [0.15, 0.2) is 0 Å². The second-order valence-electron chi connectivity index (χ2n) is 7.99. The van der Waals surface area contributed by atoms with E-state index in [2.05, 4.69) is 9.71 Å². The number of rotatable bonds is 6. The van der Waals surface area contributed by atoms with Crippen LogP contribution in [0, 0.1) is 0 Å². The second-order valence-corrected chi connectivity index (χ2v) is 11.4.